The van der Waals surface area contributed by atoms with E-state index in [1.165, 1.54) is 20.3 Å². The number of hydrogen-bond donors (Lipinski definition) is 1. The summed E-state index contributed by atoms with van der Waals surface area (Å²) in [5, 5.41) is 2.91. The average molecular weight is 249 g/mol. The second kappa shape index (κ2) is 5.16. The molecule has 1 aromatic rings. The predicted octanol–water partition coefficient (Wildman–Crippen LogP) is 3.15. The van der Waals surface area contributed by atoms with Crippen LogP contribution in [-0.2, 0) is 6.18 Å². The highest BCUT2D eigenvalue weighted by molar-refractivity contribution is 5.63. The Morgan fingerprint density at radius 1 is 1.12 bits per heavy atom. The van der Waals surface area contributed by atoms with Gasteiger partial charge in [0, 0.05) is 12.6 Å². The minimum absolute atomic E-state index is 0.139. The molecule has 0 aromatic heterocycles. The second-order valence-corrected chi connectivity index (χ2v) is 3.28. The van der Waals surface area contributed by atoms with Crippen LogP contribution in [0.2, 0.25) is 0 Å². The van der Waals surface area contributed by atoms with Gasteiger partial charge in [0.05, 0.1) is 19.9 Å². The second-order valence-electron chi connectivity index (χ2n) is 3.28. The zero-order valence-corrected chi connectivity index (χ0v) is 9.81. The van der Waals surface area contributed by atoms with Crippen LogP contribution < -0.4 is 14.8 Å². The third-order valence-electron chi connectivity index (χ3n) is 2.19. The van der Waals surface area contributed by atoms with Crippen molar-refractivity contribution < 1.29 is 22.6 Å². The first-order valence-electron chi connectivity index (χ1n) is 5.01. The van der Waals surface area contributed by atoms with Crippen LogP contribution in [0.1, 0.15) is 12.5 Å². The van der Waals surface area contributed by atoms with Crippen molar-refractivity contribution in [3.8, 4) is 11.5 Å². The Labute approximate surface area is 97.5 Å². The lowest BCUT2D eigenvalue weighted by Gasteiger charge is -2.16. The lowest BCUT2D eigenvalue weighted by Crippen LogP contribution is -2.09. The van der Waals surface area contributed by atoms with E-state index in [0.717, 1.165) is 6.07 Å². The molecule has 0 amide bonds. The van der Waals surface area contributed by atoms with E-state index in [1.54, 1.807) is 0 Å². The molecule has 0 unspecified atom stereocenters. The van der Waals surface area contributed by atoms with Gasteiger partial charge in [-0.1, -0.05) is 0 Å². The molecule has 17 heavy (non-hydrogen) atoms. The number of rotatable bonds is 4. The topological polar surface area (TPSA) is 30.5 Å². The van der Waals surface area contributed by atoms with Gasteiger partial charge in [0.25, 0.3) is 0 Å². The van der Waals surface area contributed by atoms with E-state index in [0.29, 0.717) is 12.2 Å². The van der Waals surface area contributed by atoms with Crippen LogP contribution in [0.5, 0.6) is 11.5 Å². The van der Waals surface area contributed by atoms with Crippen molar-refractivity contribution in [3.63, 3.8) is 0 Å². The highest BCUT2D eigenvalue weighted by Gasteiger charge is 2.35. The molecule has 0 aliphatic carbocycles. The van der Waals surface area contributed by atoms with Crippen molar-refractivity contribution >= 4 is 5.69 Å². The molecule has 0 bridgehead atoms. The Morgan fingerprint density at radius 2 is 1.71 bits per heavy atom. The SMILES string of the molecule is CCNc1cc(OC)c(C(F)(F)F)cc1OC. The molecule has 1 rings (SSSR count). The summed E-state index contributed by atoms with van der Waals surface area (Å²) in [6, 6.07) is 2.21. The molecular weight excluding hydrogens is 235 g/mol. The fraction of sp³-hybridized carbons (Fsp3) is 0.455. The summed E-state index contributed by atoms with van der Waals surface area (Å²) in [7, 11) is 2.52. The predicted molar refractivity (Wildman–Crippen MR) is 58.7 cm³/mol. The molecule has 0 atom stereocenters. The minimum atomic E-state index is -4.47. The number of nitrogens with one attached hydrogen (secondary N) is 1. The van der Waals surface area contributed by atoms with E-state index in [2.05, 4.69) is 5.32 Å². The van der Waals surface area contributed by atoms with Gasteiger partial charge in [0.1, 0.15) is 17.1 Å². The number of anilines is 1. The van der Waals surface area contributed by atoms with Gasteiger partial charge >= 0.3 is 6.18 Å². The van der Waals surface area contributed by atoms with Gasteiger partial charge in [0.15, 0.2) is 0 Å². The average Bonchev–Trinajstić information content (AvgIpc) is 2.27. The van der Waals surface area contributed by atoms with Crippen molar-refractivity contribution in [2.75, 3.05) is 26.1 Å². The van der Waals surface area contributed by atoms with Crippen LogP contribution >= 0.6 is 0 Å². The van der Waals surface area contributed by atoms with E-state index in [1.807, 2.05) is 6.92 Å². The molecule has 0 radical (unpaired) electrons. The van der Waals surface area contributed by atoms with Crippen molar-refractivity contribution in [1.82, 2.24) is 0 Å². The van der Waals surface area contributed by atoms with Crippen LogP contribution in [0, 0.1) is 0 Å². The number of hydrogen-bond acceptors (Lipinski definition) is 3. The standard InChI is InChI=1S/C11H14F3NO2/c1-4-15-8-6-9(16-2)7(11(12,13)14)5-10(8)17-3/h5-6,15H,4H2,1-3H3. The van der Waals surface area contributed by atoms with Gasteiger partial charge in [-0.05, 0) is 13.0 Å². The quantitative estimate of drug-likeness (QED) is 0.889. The minimum Gasteiger partial charge on any atom is -0.496 e. The van der Waals surface area contributed by atoms with E-state index in [9.17, 15) is 13.2 Å². The number of alkyl halides is 3. The molecule has 0 saturated heterocycles. The Morgan fingerprint density at radius 3 is 2.12 bits per heavy atom. The lowest BCUT2D eigenvalue weighted by atomic mass is 10.1. The van der Waals surface area contributed by atoms with Crippen LogP contribution in [0.4, 0.5) is 18.9 Å². The van der Waals surface area contributed by atoms with Gasteiger partial charge in [-0.3, -0.25) is 0 Å². The summed E-state index contributed by atoms with van der Waals surface area (Å²) in [6.07, 6.45) is -4.47. The highest BCUT2D eigenvalue weighted by atomic mass is 19.4. The summed E-state index contributed by atoms with van der Waals surface area (Å²) < 4.78 is 47.8. The van der Waals surface area contributed by atoms with Crippen LogP contribution in [0.15, 0.2) is 12.1 Å². The van der Waals surface area contributed by atoms with Gasteiger partial charge in [-0.25, -0.2) is 0 Å². The van der Waals surface area contributed by atoms with Crippen molar-refractivity contribution in [1.29, 1.82) is 0 Å². The third-order valence-corrected chi connectivity index (χ3v) is 2.19. The van der Waals surface area contributed by atoms with E-state index in [-0.39, 0.29) is 11.5 Å². The molecule has 0 spiro atoms. The van der Waals surface area contributed by atoms with E-state index >= 15 is 0 Å². The fourth-order valence-corrected chi connectivity index (χ4v) is 1.45. The number of ether oxygens (including phenoxy) is 2. The van der Waals surface area contributed by atoms with Gasteiger partial charge in [0.2, 0.25) is 0 Å². The molecule has 0 aliphatic heterocycles. The summed E-state index contributed by atoms with van der Waals surface area (Å²) >= 11 is 0. The fourth-order valence-electron chi connectivity index (χ4n) is 1.45. The van der Waals surface area contributed by atoms with Crippen molar-refractivity contribution in [2.45, 2.75) is 13.1 Å². The first-order chi connectivity index (χ1) is 7.93. The molecule has 6 heteroatoms. The van der Waals surface area contributed by atoms with Crippen LogP contribution in [0.3, 0.4) is 0 Å². The number of benzene rings is 1. The summed E-state index contributed by atoms with van der Waals surface area (Å²) in [4.78, 5) is 0. The Balaban J connectivity index is 3.33. The summed E-state index contributed by atoms with van der Waals surface area (Å²) in [5.41, 5.74) is -0.377. The largest absolute Gasteiger partial charge is 0.496 e. The Bertz CT molecular complexity index is 391. The van der Waals surface area contributed by atoms with Crippen molar-refractivity contribution in [3.05, 3.63) is 17.7 Å². The molecule has 1 N–H and O–H groups in total. The maximum Gasteiger partial charge on any atom is 0.420 e. The van der Waals surface area contributed by atoms with Crippen LogP contribution in [0.25, 0.3) is 0 Å². The molecule has 96 valence electrons. The summed E-state index contributed by atoms with van der Waals surface area (Å²) in [6.45, 7) is 2.41. The molecule has 0 fully saturated rings. The van der Waals surface area contributed by atoms with Gasteiger partial charge in [-0.15, -0.1) is 0 Å². The molecule has 3 nitrogen and oxygen atoms in total. The first kappa shape index (κ1) is 13.5. The maximum atomic E-state index is 12.7. The number of halogens is 3. The molecular formula is C11H14F3NO2. The van der Waals surface area contributed by atoms with E-state index in [4.69, 9.17) is 9.47 Å². The monoisotopic (exact) mass is 249 g/mol. The van der Waals surface area contributed by atoms with Gasteiger partial charge < -0.3 is 14.8 Å². The zero-order valence-electron chi connectivity index (χ0n) is 9.81. The molecule has 0 heterocycles. The summed E-state index contributed by atoms with van der Waals surface area (Å²) in [5.74, 6) is -0.0887. The van der Waals surface area contributed by atoms with Crippen LogP contribution in [-0.4, -0.2) is 20.8 Å². The lowest BCUT2D eigenvalue weighted by molar-refractivity contribution is -0.138. The van der Waals surface area contributed by atoms with E-state index < -0.39 is 11.7 Å². The Kier molecular flexibility index (Phi) is 4.09. The highest BCUT2D eigenvalue weighted by Crippen LogP contribution is 2.41. The maximum absolute atomic E-state index is 12.7. The number of methoxy groups -OCH3 is 2. The Hall–Kier alpha value is -1.59. The molecule has 1 aromatic carbocycles. The molecule has 0 saturated carbocycles. The zero-order chi connectivity index (χ0) is 13.1. The molecule has 0 aliphatic rings. The van der Waals surface area contributed by atoms with Gasteiger partial charge in [-0.2, -0.15) is 13.2 Å². The van der Waals surface area contributed by atoms with Crippen molar-refractivity contribution in [2.24, 2.45) is 0 Å². The smallest absolute Gasteiger partial charge is 0.420 e. The normalized spacial score (nSPS) is 11.2. The first-order valence-corrected chi connectivity index (χ1v) is 5.01. The third kappa shape index (κ3) is 2.95.